The molecule has 0 radical (unpaired) electrons. The zero-order chi connectivity index (χ0) is 13.3. The highest BCUT2D eigenvalue weighted by molar-refractivity contribution is 5.63. The van der Waals surface area contributed by atoms with Crippen molar-refractivity contribution in [2.24, 2.45) is 0 Å². The summed E-state index contributed by atoms with van der Waals surface area (Å²) < 4.78 is 18.9. The molecule has 1 heterocycles. The van der Waals surface area contributed by atoms with Crippen LogP contribution in [0.5, 0.6) is 0 Å². The van der Waals surface area contributed by atoms with Crippen molar-refractivity contribution in [3.63, 3.8) is 0 Å². The largest absolute Gasteiger partial charge is 0.376 e. The molecule has 1 aromatic rings. The van der Waals surface area contributed by atoms with Crippen LogP contribution in [0.4, 0.5) is 15.8 Å². The maximum Gasteiger partial charge on any atom is 0.327 e. The van der Waals surface area contributed by atoms with E-state index >= 15 is 0 Å². The van der Waals surface area contributed by atoms with Gasteiger partial charge >= 0.3 is 5.69 Å². The summed E-state index contributed by atoms with van der Waals surface area (Å²) in [5, 5.41) is 13.9. The van der Waals surface area contributed by atoms with Crippen LogP contribution in [0, 0.1) is 15.9 Å². The highest BCUT2D eigenvalue weighted by Gasteiger charge is 2.38. The third-order valence-corrected chi connectivity index (χ3v) is 3.48. The van der Waals surface area contributed by atoms with Crippen LogP contribution >= 0.6 is 0 Å². The molecule has 2 unspecified atom stereocenters. The monoisotopic (exact) mass is 254 g/mol. The zero-order valence-corrected chi connectivity index (χ0v) is 10.3. The lowest BCUT2D eigenvalue weighted by atomic mass is 9.94. The maximum atomic E-state index is 13.5. The van der Waals surface area contributed by atoms with E-state index in [2.05, 4.69) is 5.32 Å². The Bertz CT molecular complexity index is 480. The fraction of sp³-hybridized carbons (Fsp3) is 0.500. The van der Waals surface area contributed by atoms with Gasteiger partial charge in [-0.3, -0.25) is 10.1 Å². The van der Waals surface area contributed by atoms with Crippen molar-refractivity contribution in [3.8, 4) is 0 Å². The van der Waals surface area contributed by atoms with E-state index in [1.807, 2.05) is 13.8 Å². The van der Waals surface area contributed by atoms with Gasteiger partial charge in [-0.25, -0.2) is 0 Å². The minimum Gasteiger partial charge on any atom is -0.376 e. The molecule has 0 saturated carbocycles. The van der Waals surface area contributed by atoms with Crippen molar-refractivity contribution in [2.45, 2.75) is 31.9 Å². The number of para-hydroxylation sites is 1. The lowest BCUT2D eigenvalue weighted by molar-refractivity contribution is -0.386. The van der Waals surface area contributed by atoms with Crippen molar-refractivity contribution in [2.75, 3.05) is 11.9 Å². The summed E-state index contributed by atoms with van der Waals surface area (Å²) in [5.41, 5.74) is -0.740. The van der Waals surface area contributed by atoms with E-state index in [4.69, 9.17) is 4.74 Å². The fourth-order valence-corrected chi connectivity index (χ4v) is 2.11. The average Bonchev–Trinajstić information content (AvgIpc) is 2.58. The number of rotatable bonds is 3. The smallest absolute Gasteiger partial charge is 0.327 e. The molecule has 1 N–H and O–H groups in total. The Morgan fingerprint density at radius 2 is 2.33 bits per heavy atom. The number of nitrogens with zero attached hydrogens (tertiary/aromatic N) is 1. The van der Waals surface area contributed by atoms with Gasteiger partial charge in [0.1, 0.15) is 5.69 Å². The van der Waals surface area contributed by atoms with Crippen molar-refractivity contribution in [1.29, 1.82) is 0 Å². The SMILES string of the molecule is CC1OCCC1(C)Nc1cccc(F)c1[N+](=O)[O-]. The highest BCUT2D eigenvalue weighted by Crippen LogP contribution is 2.34. The number of hydrogen-bond donors (Lipinski definition) is 1. The van der Waals surface area contributed by atoms with Crippen LogP contribution in [0.3, 0.4) is 0 Å². The normalized spacial score (nSPS) is 27.2. The summed E-state index contributed by atoms with van der Waals surface area (Å²) in [5.74, 6) is -0.833. The Morgan fingerprint density at radius 3 is 2.89 bits per heavy atom. The molecule has 98 valence electrons. The van der Waals surface area contributed by atoms with Crippen molar-refractivity contribution in [1.82, 2.24) is 0 Å². The van der Waals surface area contributed by atoms with Gasteiger partial charge in [-0.15, -0.1) is 0 Å². The molecular formula is C12H15FN2O3. The molecule has 0 bridgehead atoms. The van der Waals surface area contributed by atoms with Crippen LogP contribution in [-0.4, -0.2) is 23.2 Å². The second-order valence-corrected chi connectivity index (χ2v) is 4.70. The topological polar surface area (TPSA) is 64.4 Å². The van der Waals surface area contributed by atoms with E-state index in [-0.39, 0.29) is 11.8 Å². The number of ether oxygens (including phenoxy) is 1. The summed E-state index contributed by atoms with van der Waals surface area (Å²) >= 11 is 0. The molecule has 1 aliphatic heterocycles. The van der Waals surface area contributed by atoms with E-state index in [1.54, 1.807) is 0 Å². The average molecular weight is 254 g/mol. The number of nitrogens with one attached hydrogen (secondary N) is 1. The third-order valence-electron chi connectivity index (χ3n) is 3.48. The molecule has 1 aliphatic rings. The Kier molecular flexibility index (Phi) is 3.21. The summed E-state index contributed by atoms with van der Waals surface area (Å²) in [7, 11) is 0. The van der Waals surface area contributed by atoms with Gasteiger partial charge in [0.25, 0.3) is 0 Å². The number of halogens is 1. The van der Waals surface area contributed by atoms with Gasteiger partial charge in [0.05, 0.1) is 16.6 Å². The van der Waals surface area contributed by atoms with E-state index < -0.39 is 22.0 Å². The van der Waals surface area contributed by atoms with Crippen LogP contribution in [-0.2, 0) is 4.74 Å². The van der Waals surface area contributed by atoms with Gasteiger partial charge in [0.2, 0.25) is 5.82 Å². The predicted molar refractivity (Wildman–Crippen MR) is 65.1 cm³/mol. The molecule has 18 heavy (non-hydrogen) atoms. The van der Waals surface area contributed by atoms with Crippen LogP contribution in [0.15, 0.2) is 18.2 Å². The van der Waals surface area contributed by atoms with Crippen LogP contribution < -0.4 is 5.32 Å². The molecule has 0 amide bonds. The molecule has 2 atom stereocenters. The lowest BCUT2D eigenvalue weighted by Crippen LogP contribution is -2.41. The van der Waals surface area contributed by atoms with Gasteiger partial charge < -0.3 is 10.1 Å². The molecular weight excluding hydrogens is 239 g/mol. The van der Waals surface area contributed by atoms with E-state index in [9.17, 15) is 14.5 Å². The van der Waals surface area contributed by atoms with Gasteiger partial charge in [-0.1, -0.05) is 6.07 Å². The summed E-state index contributed by atoms with van der Waals surface area (Å²) in [6, 6.07) is 4.05. The highest BCUT2D eigenvalue weighted by atomic mass is 19.1. The number of nitro benzene ring substituents is 1. The van der Waals surface area contributed by atoms with Gasteiger partial charge in [0.15, 0.2) is 0 Å². The minimum atomic E-state index is -0.833. The van der Waals surface area contributed by atoms with Gasteiger partial charge in [0, 0.05) is 6.61 Å². The second kappa shape index (κ2) is 4.53. The molecule has 5 nitrogen and oxygen atoms in total. The molecule has 0 aliphatic carbocycles. The molecule has 1 aromatic carbocycles. The van der Waals surface area contributed by atoms with Crippen molar-refractivity contribution < 1.29 is 14.1 Å². The van der Waals surface area contributed by atoms with Crippen molar-refractivity contribution in [3.05, 3.63) is 34.1 Å². The second-order valence-electron chi connectivity index (χ2n) is 4.70. The summed E-state index contributed by atoms with van der Waals surface area (Å²) in [6.07, 6.45) is 0.641. The van der Waals surface area contributed by atoms with E-state index in [1.165, 1.54) is 12.1 Å². The van der Waals surface area contributed by atoms with Crippen molar-refractivity contribution >= 4 is 11.4 Å². The molecule has 0 spiro atoms. The molecule has 0 aromatic heterocycles. The third kappa shape index (κ3) is 2.15. The minimum absolute atomic E-state index is 0.0830. The summed E-state index contributed by atoms with van der Waals surface area (Å²) in [6.45, 7) is 4.40. The quantitative estimate of drug-likeness (QED) is 0.665. The molecule has 2 rings (SSSR count). The number of benzene rings is 1. The number of nitro groups is 1. The van der Waals surface area contributed by atoms with Gasteiger partial charge in [-0.05, 0) is 32.4 Å². The van der Waals surface area contributed by atoms with Gasteiger partial charge in [-0.2, -0.15) is 4.39 Å². The molecule has 1 fully saturated rings. The lowest BCUT2D eigenvalue weighted by Gasteiger charge is -2.29. The Labute approximate surface area is 104 Å². The first-order valence-corrected chi connectivity index (χ1v) is 5.77. The predicted octanol–water partition coefficient (Wildman–Crippen LogP) is 2.71. The first-order chi connectivity index (χ1) is 8.44. The molecule has 6 heteroatoms. The first kappa shape index (κ1) is 12.8. The first-order valence-electron chi connectivity index (χ1n) is 5.77. The van der Waals surface area contributed by atoms with E-state index in [0.29, 0.717) is 6.61 Å². The van der Waals surface area contributed by atoms with Crippen LogP contribution in [0.1, 0.15) is 20.3 Å². The Morgan fingerprint density at radius 1 is 1.61 bits per heavy atom. The standard InChI is InChI=1S/C12H15FN2O3/c1-8-12(2,6-7-18-8)14-10-5-3-4-9(13)11(10)15(16)17/h3-5,8,14H,6-7H2,1-2H3. The summed E-state index contributed by atoms with van der Waals surface area (Å²) in [4.78, 5) is 10.2. The molecule has 1 saturated heterocycles. The Balaban J connectivity index is 2.35. The van der Waals surface area contributed by atoms with Crippen LogP contribution in [0.25, 0.3) is 0 Å². The van der Waals surface area contributed by atoms with Crippen LogP contribution in [0.2, 0.25) is 0 Å². The Hall–Kier alpha value is -1.69. The zero-order valence-electron chi connectivity index (χ0n) is 10.3. The van der Waals surface area contributed by atoms with E-state index in [0.717, 1.165) is 12.5 Å². The number of hydrogen-bond acceptors (Lipinski definition) is 4. The fourth-order valence-electron chi connectivity index (χ4n) is 2.11. The maximum absolute atomic E-state index is 13.5. The number of anilines is 1.